The summed E-state index contributed by atoms with van der Waals surface area (Å²) in [6.45, 7) is 1.70. The van der Waals surface area contributed by atoms with Crippen LogP contribution in [0.4, 0.5) is 0 Å². The van der Waals surface area contributed by atoms with Crippen LogP contribution in [-0.4, -0.2) is 18.6 Å². The number of nitrogens with one attached hydrogen (secondary N) is 1. The van der Waals surface area contributed by atoms with Crippen LogP contribution in [0.2, 0.25) is 5.02 Å². The number of carbonyl (C=O) groups excluding carboxylic acids is 1. The second-order valence-electron chi connectivity index (χ2n) is 7.79. The molecule has 1 aliphatic carbocycles. The quantitative estimate of drug-likeness (QED) is 0.606. The third kappa shape index (κ3) is 4.51. The minimum atomic E-state index is -0.299. The second kappa shape index (κ2) is 8.92. The number of ether oxygens (including phenoxy) is 1. The number of aryl methyl sites for hydroxylation is 1. The minimum Gasteiger partial charge on any atom is -0.476 e. The lowest BCUT2D eigenvalue weighted by atomic mass is 9.95. The average Bonchev–Trinajstić information content (AvgIpc) is 2.74. The van der Waals surface area contributed by atoms with Gasteiger partial charge < -0.3 is 14.5 Å². The molecule has 30 heavy (non-hydrogen) atoms. The van der Waals surface area contributed by atoms with Crippen LogP contribution in [0.15, 0.2) is 51.7 Å². The molecule has 1 aromatic heterocycles. The van der Waals surface area contributed by atoms with Crippen molar-refractivity contribution in [3.8, 4) is 17.1 Å². The maximum Gasteiger partial charge on any atom is 0.258 e. The summed E-state index contributed by atoms with van der Waals surface area (Å²) < 4.78 is 11.8. The fourth-order valence-electron chi connectivity index (χ4n) is 3.86. The second-order valence-corrected chi connectivity index (χ2v) is 8.22. The molecule has 4 rings (SSSR count). The van der Waals surface area contributed by atoms with E-state index in [-0.39, 0.29) is 29.7 Å². The minimum absolute atomic E-state index is 0.0347. The summed E-state index contributed by atoms with van der Waals surface area (Å²) in [7, 11) is 0. The highest BCUT2D eigenvalue weighted by molar-refractivity contribution is 6.30. The van der Waals surface area contributed by atoms with Gasteiger partial charge in [-0.2, -0.15) is 0 Å². The van der Waals surface area contributed by atoms with Crippen molar-refractivity contribution in [2.75, 3.05) is 6.61 Å². The normalized spacial score (nSPS) is 14.6. The number of hydrogen-bond acceptors (Lipinski definition) is 4. The maximum absolute atomic E-state index is 13.2. The highest BCUT2D eigenvalue weighted by Crippen LogP contribution is 2.32. The molecule has 0 radical (unpaired) electrons. The van der Waals surface area contributed by atoms with E-state index in [1.807, 2.05) is 19.1 Å². The smallest absolute Gasteiger partial charge is 0.258 e. The molecule has 0 unspecified atom stereocenters. The number of carbonyl (C=O) groups is 1. The number of benzene rings is 2. The lowest BCUT2D eigenvalue weighted by Gasteiger charge is -2.22. The van der Waals surface area contributed by atoms with E-state index in [9.17, 15) is 9.59 Å². The Hall–Kier alpha value is -2.79. The van der Waals surface area contributed by atoms with Gasteiger partial charge in [-0.05, 0) is 61.7 Å². The zero-order valence-electron chi connectivity index (χ0n) is 16.9. The molecule has 5 nitrogen and oxygen atoms in total. The van der Waals surface area contributed by atoms with Crippen LogP contribution >= 0.6 is 11.6 Å². The van der Waals surface area contributed by atoms with Crippen molar-refractivity contribution < 1.29 is 13.9 Å². The molecule has 0 atom stereocenters. The molecule has 3 aromatic rings. The molecular weight excluding hydrogens is 402 g/mol. The van der Waals surface area contributed by atoms with E-state index in [1.165, 1.54) is 6.42 Å². The number of fused-ring (bicyclic) bond motifs is 1. The number of amides is 1. The SMILES string of the molecule is Cc1ccc2c(=O)c(OCC(=O)NC3CCCCC3)c(-c3ccc(Cl)cc3)oc2c1. The summed E-state index contributed by atoms with van der Waals surface area (Å²) in [6, 6.07) is 12.5. The van der Waals surface area contributed by atoms with Gasteiger partial charge >= 0.3 is 0 Å². The summed E-state index contributed by atoms with van der Waals surface area (Å²) in [5, 5.41) is 4.00. The zero-order chi connectivity index (χ0) is 21.1. The molecule has 0 spiro atoms. The first-order valence-electron chi connectivity index (χ1n) is 10.3. The molecule has 1 fully saturated rings. The van der Waals surface area contributed by atoms with Crippen molar-refractivity contribution in [3.63, 3.8) is 0 Å². The molecule has 1 heterocycles. The number of rotatable bonds is 5. The Labute approximate surface area is 180 Å². The Balaban J connectivity index is 1.66. The molecule has 0 bridgehead atoms. The van der Waals surface area contributed by atoms with Crippen LogP contribution in [0, 0.1) is 6.92 Å². The third-order valence-electron chi connectivity index (χ3n) is 5.43. The largest absolute Gasteiger partial charge is 0.476 e. The summed E-state index contributed by atoms with van der Waals surface area (Å²) in [6.07, 6.45) is 5.43. The predicted octanol–water partition coefficient (Wildman–Crippen LogP) is 5.25. The van der Waals surface area contributed by atoms with E-state index in [2.05, 4.69) is 5.32 Å². The molecule has 1 N–H and O–H groups in total. The first-order valence-corrected chi connectivity index (χ1v) is 10.6. The van der Waals surface area contributed by atoms with Crippen molar-refractivity contribution in [1.29, 1.82) is 0 Å². The van der Waals surface area contributed by atoms with Gasteiger partial charge in [-0.1, -0.05) is 36.9 Å². The molecule has 1 amide bonds. The third-order valence-corrected chi connectivity index (χ3v) is 5.68. The Morgan fingerprint density at radius 2 is 1.87 bits per heavy atom. The Kier molecular flexibility index (Phi) is 6.09. The highest BCUT2D eigenvalue weighted by atomic mass is 35.5. The lowest BCUT2D eigenvalue weighted by molar-refractivity contribution is -0.124. The maximum atomic E-state index is 13.2. The Morgan fingerprint density at radius 1 is 1.13 bits per heavy atom. The summed E-state index contributed by atoms with van der Waals surface area (Å²) in [4.78, 5) is 25.6. The van der Waals surface area contributed by atoms with Crippen LogP contribution in [0.5, 0.6) is 5.75 Å². The van der Waals surface area contributed by atoms with Crippen molar-refractivity contribution in [2.45, 2.75) is 45.1 Å². The Bertz CT molecular complexity index is 1110. The van der Waals surface area contributed by atoms with E-state index in [4.69, 9.17) is 20.8 Å². The van der Waals surface area contributed by atoms with Crippen molar-refractivity contribution in [2.24, 2.45) is 0 Å². The molecule has 6 heteroatoms. The molecule has 156 valence electrons. The summed E-state index contributed by atoms with van der Waals surface area (Å²) in [5.41, 5.74) is 1.81. The van der Waals surface area contributed by atoms with Gasteiger partial charge in [-0.15, -0.1) is 0 Å². The standard InChI is InChI=1S/C24H24ClNO4/c1-15-7-12-19-20(13-15)30-23(16-8-10-17(25)11-9-16)24(22(19)28)29-14-21(27)26-18-5-3-2-4-6-18/h7-13,18H,2-6,14H2,1H3,(H,26,27). The highest BCUT2D eigenvalue weighted by Gasteiger charge is 2.20. The van der Waals surface area contributed by atoms with Gasteiger partial charge in [-0.3, -0.25) is 9.59 Å². The summed E-state index contributed by atoms with van der Waals surface area (Å²) in [5.74, 6) is 0.0973. The average molecular weight is 426 g/mol. The topological polar surface area (TPSA) is 68.5 Å². The Morgan fingerprint density at radius 3 is 2.60 bits per heavy atom. The molecule has 0 aliphatic heterocycles. The summed E-state index contributed by atoms with van der Waals surface area (Å²) >= 11 is 6.00. The van der Waals surface area contributed by atoms with Gasteiger partial charge in [0.05, 0.1) is 5.39 Å². The van der Waals surface area contributed by atoms with Crippen LogP contribution < -0.4 is 15.5 Å². The molecule has 0 saturated heterocycles. The van der Waals surface area contributed by atoms with Gasteiger partial charge in [0, 0.05) is 16.6 Å². The monoisotopic (exact) mass is 425 g/mol. The van der Waals surface area contributed by atoms with Crippen molar-refractivity contribution >= 4 is 28.5 Å². The fraction of sp³-hybridized carbons (Fsp3) is 0.333. The van der Waals surface area contributed by atoms with Gasteiger partial charge in [0.25, 0.3) is 5.91 Å². The van der Waals surface area contributed by atoms with Crippen molar-refractivity contribution in [1.82, 2.24) is 5.32 Å². The van der Waals surface area contributed by atoms with Crippen LogP contribution in [0.25, 0.3) is 22.3 Å². The predicted molar refractivity (Wildman–Crippen MR) is 118 cm³/mol. The van der Waals surface area contributed by atoms with Crippen molar-refractivity contribution in [3.05, 3.63) is 63.3 Å². The van der Waals surface area contributed by atoms with Crippen LogP contribution in [0.1, 0.15) is 37.7 Å². The van der Waals surface area contributed by atoms with E-state index >= 15 is 0 Å². The van der Waals surface area contributed by atoms with Crippen LogP contribution in [-0.2, 0) is 4.79 Å². The molecule has 1 saturated carbocycles. The number of halogens is 1. The first kappa shape index (κ1) is 20.5. The van der Waals surface area contributed by atoms with E-state index in [0.29, 0.717) is 27.3 Å². The van der Waals surface area contributed by atoms with E-state index in [0.717, 1.165) is 31.2 Å². The van der Waals surface area contributed by atoms with E-state index < -0.39 is 0 Å². The first-order chi connectivity index (χ1) is 14.5. The molecule has 1 aliphatic rings. The molecule has 2 aromatic carbocycles. The van der Waals surface area contributed by atoms with E-state index in [1.54, 1.807) is 30.3 Å². The van der Waals surface area contributed by atoms with Gasteiger partial charge in [-0.25, -0.2) is 0 Å². The lowest BCUT2D eigenvalue weighted by Crippen LogP contribution is -2.39. The fourth-order valence-corrected chi connectivity index (χ4v) is 3.99. The molecular formula is C24H24ClNO4. The van der Waals surface area contributed by atoms with Gasteiger partial charge in [0.2, 0.25) is 11.2 Å². The van der Waals surface area contributed by atoms with Gasteiger partial charge in [0.1, 0.15) is 5.58 Å². The zero-order valence-corrected chi connectivity index (χ0v) is 17.6. The van der Waals surface area contributed by atoms with Crippen LogP contribution in [0.3, 0.4) is 0 Å². The number of hydrogen-bond donors (Lipinski definition) is 1. The van der Waals surface area contributed by atoms with Gasteiger partial charge in [0.15, 0.2) is 12.4 Å².